The normalized spacial score (nSPS) is 14.9. The Kier molecular flexibility index (Phi) is 6.50. The van der Waals surface area contributed by atoms with Crippen LogP contribution in [0.4, 0.5) is 10.5 Å². The topological polar surface area (TPSA) is 122 Å². The molecule has 154 valence electrons. The Morgan fingerprint density at radius 2 is 1.69 bits per heavy atom. The summed E-state index contributed by atoms with van der Waals surface area (Å²) in [5.41, 5.74) is 6.66. The second-order valence-corrected chi connectivity index (χ2v) is 8.80. The van der Waals surface area contributed by atoms with Crippen LogP contribution in [-0.4, -0.2) is 37.8 Å². The number of benzene rings is 2. The molecule has 0 saturated carbocycles. The van der Waals surface area contributed by atoms with Gasteiger partial charge in [0.05, 0.1) is 4.90 Å². The summed E-state index contributed by atoms with van der Waals surface area (Å²) in [6.07, 6.45) is 2.76. The molecule has 0 spiro atoms. The SMILES string of the molecule is NC(=O)NCc1ccc(C(=O)Nc2cccc(S(=O)(=O)N3CCCCC3)c2)cc1. The van der Waals surface area contributed by atoms with E-state index in [1.807, 2.05) is 0 Å². The third-order valence-electron chi connectivity index (χ3n) is 4.73. The minimum Gasteiger partial charge on any atom is -0.352 e. The molecule has 3 amide bonds. The lowest BCUT2D eigenvalue weighted by atomic mass is 10.1. The molecular formula is C20H24N4O4S. The fraction of sp³-hybridized carbons (Fsp3) is 0.300. The van der Waals surface area contributed by atoms with Crippen LogP contribution >= 0.6 is 0 Å². The summed E-state index contributed by atoms with van der Waals surface area (Å²) >= 11 is 0. The number of primary amides is 1. The Morgan fingerprint density at radius 3 is 2.34 bits per heavy atom. The van der Waals surface area contributed by atoms with Crippen LogP contribution in [0.2, 0.25) is 0 Å². The molecular weight excluding hydrogens is 392 g/mol. The van der Waals surface area contributed by atoms with Crippen LogP contribution in [0.1, 0.15) is 35.2 Å². The number of carbonyl (C=O) groups is 2. The van der Waals surface area contributed by atoms with E-state index in [0.29, 0.717) is 24.3 Å². The van der Waals surface area contributed by atoms with E-state index in [4.69, 9.17) is 5.73 Å². The molecule has 8 nitrogen and oxygen atoms in total. The fourth-order valence-electron chi connectivity index (χ4n) is 3.16. The van der Waals surface area contributed by atoms with E-state index < -0.39 is 16.1 Å². The number of hydrogen-bond donors (Lipinski definition) is 3. The minimum absolute atomic E-state index is 0.171. The third-order valence-corrected chi connectivity index (χ3v) is 6.62. The Bertz CT molecular complexity index is 984. The quantitative estimate of drug-likeness (QED) is 0.669. The molecule has 0 radical (unpaired) electrons. The predicted octanol–water partition coefficient (Wildman–Crippen LogP) is 2.28. The molecule has 29 heavy (non-hydrogen) atoms. The lowest BCUT2D eigenvalue weighted by Crippen LogP contribution is -2.35. The second-order valence-electron chi connectivity index (χ2n) is 6.86. The average Bonchev–Trinajstić information content (AvgIpc) is 2.73. The summed E-state index contributed by atoms with van der Waals surface area (Å²) < 4.78 is 27.1. The van der Waals surface area contributed by atoms with E-state index in [1.165, 1.54) is 10.4 Å². The van der Waals surface area contributed by atoms with Gasteiger partial charge in [0, 0.05) is 30.9 Å². The van der Waals surface area contributed by atoms with E-state index in [1.54, 1.807) is 42.5 Å². The summed E-state index contributed by atoms with van der Waals surface area (Å²) in [4.78, 5) is 23.4. The van der Waals surface area contributed by atoms with Crippen LogP contribution in [0, 0.1) is 0 Å². The number of nitrogens with two attached hydrogens (primary N) is 1. The monoisotopic (exact) mass is 416 g/mol. The summed E-state index contributed by atoms with van der Waals surface area (Å²) in [7, 11) is -3.57. The number of anilines is 1. The molecule has 0 unspecified atom stereocenters. The van der Waals surface area contributed by atoms with Crippen LogP contribution in [0.5, 0.6) is 0 Å². The Hall–Kier alpha value is -2.91. The van der Waals surface area contributed by atoms with Crippen molar-refractivity contribution in [3.05, 3.63) is 59.7 Å². The number of rotatable bonds is 6. The van der Waals surface area contributed by atoms with Crippen molar-refractivity contribution in [2.24, 2.45) is 5.73 Å². The molecule has 0 atom stereocenters. The van der Waals surface area contributed by atoms with Gasteiger partial charge in [-0.05, 0) is 48.7 Å². The molecule has 9 heteroatoms. The van der Waals surface area contributed by atoms with Crippen molar-refractivity contribution in [2.45, 2.75) is 30.7 Å². The highest BCUT2D eigenvalue weighted by atomic mass is 32.2. The third kappa shape index (κ3) is 5.33. The molecule has 1 saturated heterocycles. The number of piperidine rings is 1. The minimum atomic E-state index is -3.57. The molecule has 1 fully saturated rings. The summed E-state index contributed by atoms with van der Waals surface area (Å²) in [6, 6.07) is 12.3. The number of hydrogen-bond acceptors (Lipinski definition) is 4. The van der Waals surface area contributed by atoms with Crippen molar-refractivity contribution >= 4 is 27.6 Å². The van der Waals surface area contributed by atoms with Crippen molar-refractivity contribution in [1.82, 2.24) is 9.62 Å². The van der Waals surface area contributed by atoms with Gasteiger partial charge < -0.3 is 16.4 Å². The van der Waals surface area contributed by atoms with Crippen LogP contribution in [0.25, 0.3) is 0 Å². The highest BCUT2D eigenvalue weighted by Crippen LogP contribution is 2.23. The zero-order valence-corrected chi connectivity index (χ0v) is 16.7. The van der Waals surface area contributed by atoms with Gasteiger partial charge in [-0.1, -0.05) is 24.6 Å². The standard InChI is InChI=1S/C20H24N4O4S/c21-20(26)22-14-15-7-9-16(10-8-15)19(25)23-17-5-4-6-18(13-17)29(27,28)24-11-2-1-3-12-24/h4-10,13H,1-3,11-12,14H2,(H,23,25)(H3,21,22,26). The van der Waals surface area contributed by atoms with Crippen LogP contribution in [0.3, 0.4) is 0 Å². The average molecular weight is 417 g/mol. The molecule has 1 heterocycles. The first-order valence-corrected chi connectivity index (χ1v) is 10.8. The van der Waals surface area contributed by atoms with Gasteiger partial charge >= 0.3 is 6.03 Å². The van der Waals surface area contributed by atoms with Crippen LogP contribution in [-0.2, 0) is 16.6 Å². The first-order chi connectivity index (χ1) is 13.9. The molecule has 2 aromatic rings. The van der Waals surface area contributed by atoms with E-state index in [2.05, 4.69) is 10.6 Å². The molecule has 0 aliphatic carbocycles. The van der Waals surface area contributed by atoms with Gasteiger partial charge in [-0.3, -0.25) is 4.79 Å². The van der Waals surface area contributed by atoms with Gasteiger partial charge in [-0.25, -0.2) is 13.2 Å². The zero-order valence-electron chi connectivity index (χ0n) is 15.9. The Morgan fingerprint density at radius 1 is 1.00 bits per heavy atom. The predicted molar refractivity (Wildman–Crippen MR) is 110 cm³/mol. The molecule has 1 aliphatic heterocycles. The Balaban J connectivity index is 1.69. The summed E-state index contributed by atoms with van der Waals surface area (Å²) in [5, 5.41) is 5.21. The summed E-state index contributed by atoms with van der Waals surface area (Å²) in [6.45, 7) is 1.32. The number of urea groups is 1. The maximum Gasteiger partial charge on any atom is 0.312 e. The Labute approximate surface area is 170 Å². The van der Waals surface area contributed by atoms with Crippen LogP contribution in [0.15, 0.2) is 53.4 Å². The molecule has 1 aliphatic rings. The van der Waals surface area contributed by atoms with E-state index in [-0.39, 0.29) is 17.3 Å². The van der Waals surface area contributed by atoms with Gasteiger partial charge in [0.2, 0.25) is 10.0 Å². The number of nitrogens with zero attached hydrogens (tertiary/aromatic N) is 1. The van der Waals surface area contributed by atoms with E-state index in [0.717, 1.165) is 24.8 Å². The maximum atomic E-state index is 12.8. The molecule has 0 aromatic heterocycles. The number of nitrogens with one attached hydrogen (secondary N) is 2. The number of amides is 3. The van der Waals surface area contributed by atoms with Gasteiger partial charge in [0.25, 0.3) is 5.91 Å². The van der Waals surface area contributed by atoms with Crippen molar-refractivity contribution in [3.8, 4) is 0 Å². The van der Waals surface area contributed by atoms with Crippen molar-refractivity contribution in [1.29, 1.82) is 0 Å². The molecule has 3 rings (SSSR count). The first-order valence-electron chi connectivity index (χ1n) is 9.40. The van der Waals surface area contributed by atoms with Gasteiger partial charge in [0.1, 0.15) is 0 Å². The molecule has 0 bridgehead atoms. The van der Waals surface area contributed by atoms with Crippen molar-refractivity contribution < 1.29 is 18.0 Å². The van der Waals surface area contributed by atoms with Gasteiger partial charge in [-0.15, -0.1) is 0 Å². The first kappa shape index (κ1) is 20.8. The number of carbonyl (C=O) groups excluding carboxylic acids is 2. The highest BCUT2D eigenvalue weighted by molar-refractivity contribution is 7.89. The maximum absolute atomic E-state index is 12.8. The van der Waals surface area contributed by atoms with Crippen molar-refractivity contribution in [3.63, 3.8) is 0 Å². The lowest BCUT2D eigenvalue weighted by molar-refractivity contribution is 0.102. The van der Waals surface area contributed by atoms with E-state index >= 15 is 0 Å². The van der Waals surface area contributed by atoms with Crippen LogP contribution < -0.4 is 16.4 Å². The zero-order chi connectivity index (χ0) is 20.9. The largest absolute Gasteiger partial charge is 0.352 e. The van der Waals surface area contributed by atoms with Crippen molar-refractivity contribution in [2.75, 3.05) is 18.4 Å². The molecule has 2 aromatic carbocycles. The smallest absolute Gasteiger partial charge is 0.312 e. The summed E-state index contributed by atoms with van der Waals surface area (Å²) in [5.74, 6) is -0.355. The second kappa shape index (κ2) is 9.06. The van der Waals surface area contributed by atoms with E-state index in [9.17, 15) is 18.0 Å². The van der Waals surface area contributed by atoms with Gasteiger partial charge in [-0.2, -0.15) is 4.31 Å². The number of sulfonamides is 1. The lowest BCUT2D eigenvalue weighted by Gasteiger charge is -2.26. The van der Waals surface area contributed by atoms with Gasteiger partial charge in [0.15, 0.2) is 0 Å². The highest BCUT2D eigenvalue weighted by Gasteiger charge is 2.26. The molecule has 4 N–H and O–H groups in total. The fourth-order valence-corrected chi connectivity index (χ4v) is 4.72.